The third-order valence-corrected chi connectivity index (χ3v) is 9.75. The van der Waals surface area contributed by atoms with Crippen molar-refractivity contribution in [3.05, 3.63) is 42.5 Å². The average Bonchev–Trinajstić information content (AvgIpc) is 2.96. The largest absolute Gasteiger partial charge is 0.523 e. The minimum Gasteiger partial charge on any atom is -0.367 e. The lowest BCUT2D eigenvalue weighted by Gasteiger charge is -2.40. The summed E-state index contributed by atoms with van der Waals surface area (Å²) in [6.07, 6.45) is 0.996. The summed E-state index contributed by atoms with van der Waals surface area (Å²) in [6.45, 7) is 1.99. The molecule has 2 aromatic carbocycles. The molecule has 0 radical (unpaired) electrons. The maximum atomic E-state index is 13.1. The molecule has 2 unspecified atom stereocenters. The van der Waals surface area contributed by atoms with Gasteiger partial charge in [-0.25, -0.2) is 3.63 Å². The van der Waals surface area contributed by atoms with E-state index in [0.29, 0.717) is 23.1 Å². The molecule has 3 rings (SSSR count). The lowest BCUT2D eigenvalue weighted by molar-refractivity contribution is -0.0497. The molecule has 1 heterocycles. The fraction of sp³-hybridized carbons (Fsp3) is 0.412. The van der Waals surface area contributed by atoms with Crippen molar-refractivity contribution in [1.29, 1.82) is 0 Å². The predicted octanol–water partition coefficient (Wildman–Crippen LogP) is 4.94. The van der Waals surface area contributed by atoms with Crippen LogP contribution < -0.4 is 0 Å². The number of hydrogen-bond donors (Lipinski definition) is 0. The van der Waals surface area contributed by atoms with E-state index in [-0.39, 0.29) is 12.4 Å². The van der Waals surface area contributed by atoms with Crippen LogP contribution in [0.25, 0.3) is 10.8 Å². The van der Waals surface area contributed by atoms with E-state index in [2.05, 4.69) is 0 Å². The Labute approximate surface area is 151 Å². The normalized spacial score (nSPS) is 26.7. The molecule has 0 aliphatic carbocycles. The third kappa shape index (κ3) is 3.33. The van der Waals surface area contributed by atoms with Gasteiger partial charge >= 0.3 is 15.6 Å². The molecule has 1 aliphatic rings. The van der Waals surface area contributed by atoms with Gasteiger partial charge in [0.1, 0.15) is 5.44 Å². The van der Waals surface area contributed by atoms with Crippen LogP contribution in [0.1, 0.15) is 19.8 Å². The number of halogens is 3. The second-order valence-electron chi connectivity index (χ2n) is 5.90. The molecule has 144 valence electrons. The summed E-state index contributed by atoms with van der Waals surface area (Å²) in [5.41, 5.74) is -6.17. The lowest BCUT2D eigenvalue weighted by Crippen LogP contribution is -2.31. The highest BCUT2D eigenvalue weighted by atomic mass is 32.3. The van der Waals surface area contributed by atoms with Crippen LogP contribution >= 0.6 is 10.3 Å². The third-order valence-electron chi connectivity index (χ3n) is 4.28. The molecule has 26 heavy (non-hydrogen) atoms. The van der Waals surface area contributed by atoms with Crippen molar-refractivity contribution < 1.29 is 30.0 Å². The molecule has 2 atom stereocenters. The summed E-state index contributed by atoms with van der Waals surface area (Å²) in [5, 5.41) is 1.50. The van der Waals surface area contributed by atoms with Gasteiger partial charge in [-0.1, -0.05) is 46.7 Å². The predicted molar refractivity (Wildman–Crippen MR) is 95.4 cm³/mol. The fourth-order valence-electron chi connectivity index (χ4n) is 3.23. The first kappa shape index (κ1) is 19.5. The van der Waals surface area contributed by atoms with Crippen molar-refractivity contribution in [2.75, 3.05) is 12.4 Å². The van der Waals surface area contributed by atoms with Crippen LogP contribution in [0.3, 0.4) is 0 Å². The first-order chi connectivity index (χ1) is 12.2. The molecule has 1 saturated heterocycles. The molecule has 0 saturated carbocycles. The van der Waals surface area contributed by atoms with Gasteiger partial charge in [0, 0.05) is 17.3 Å². The Kier molecular flexibility index (Phi) is 5.26. The molecule has 0 aromatic heterocycles. The minimum atomic E-state index is -5.75. The number of alkyl halides is 3. The van der Waals surface area contributed by atoms with Crippen LogP contribution in [0.2, 0.25) is 0 Å². The monoisotopic (exact) mass is 408 g/mol. The second kappa shape index (κ2) is 7.03. The van der Waals surface area contributed by atoms with Gasteiger partial charge in [-0.3, -0.25) is 0 Å². The van der Waals surface area contributed by atoms with Gasteiger partial charge in [0.2, 0.25) is 0 Å². The van der Waals surface area contributed by atoms with Crippen LogP contribution in [0.5, 0.6) is 0 Å². The minimum absolute atomic E-state index is 0.209. The SMILES string of the molecule is CCOC1CCCS1(OS(=O)(=O)C(F)(F)F)c1cccc2ccccc12. The zero-order valence-electron chi connectivity index (χ0n) is 14.0. The molecule has 0 N–H and O–H groups in total. The molecular weight excluding hydrogens is 389 g/mol. The van der Waals surface area contributed by atoms with E-state index in [1.165, 1.54) is 0 Å². The van der Waals surface area contributed by atoms with Gasteiger partial charge in [-0.15, -0.1) is 0 Å². The Morgan fingerprint density at radius 1 is 1.15 bits per heavy atom. The topological polar surface area (TPSA) is 52.6 Å². The van der Waals surface area contributed by atoms with E-state index in [4.69, 9.17) is 8.37 Å². The van der Waals surface area contributed by atoms with Crippen molar-refractivity contribution in [2.45, 2.75) is 35.6 Å². The van der Waals surface area contributed by atoms with Crippen molar-refractivity contribution in [3.8, 4) is 0 Å². The highest BCUT2D eigenvalue weighted by molar-refractivity contribution is 8.33. The number of benzene rings is 2. The summed E-state index contributed by atoms with van der Waals surface area (Å²) in [7, 11) is -8.59. The van der Waals surface area contributed by atoms with Crippen molar-refractivity contribution >= 4 is 31.2 Å². The number of rotatable bonds is 5. The Morgan fingerprint density at radius 3 is 2.54 bits per heavy atom. The molecule has 0 spiro atoms. The summed E-state index contributed by atoms with van der Waals surface area (Å²) < 4.78 is 73.6. The van der Waals surface area contributed by atoms with E-state index >= 15 is 0 Å². The molecule has 9 heteroatoms. The fourth-order valence-corrected chi connectivity index (χ4v) is 8.86. The second-order valence-corrected chi connectivity index (χ2v) is 10.6. The maximum absolute atomic E-state index is 13.1. The van der Waals surface area contributed by atoms with Crippen molar-refractivity contribution in [3.63, 3.8) is 0 Å². The smallest absolute Gasteiger partial charge is 0.367 e. The van der Waals surface area contributed by atoms with Gasteiger partial charge in [-0.05, 0) is 36.6 Å². The van der Waals surface area contributed by atoms with Crippen molar-refractivity contribution in [1.82, 2.24) is 0 Å². The molecule has 0 amide bonds. The maximum Gasteiger partial charge on any atom is 0.523 e. The van der Waals surface area contributed by atoms with Crippen molar-refractivity contribution in [2.24, 2.45) is 0 Å². The molecule has 0 bridgehead atoms. The number of ether oxygens (including phenoxy) is 1. The Balaban J connectivity index is 2.22. The average molecular weight is 408 g/mol. The first-order valence-corrected chi connectivity index (χ1v) is 11.3. The van der Waals surface area contributed by atoms with Crippen LogP contribution in [0.15, 0.2) is 47.4 Å². The Morgan fingerprint density at radius 2 is 1.85 bits per heavy atom. The van der Waals surface area contributed by atoms with Gasteiger partial charge in [-0.2, -0.15) is 21.6 Å². The first-order valence-electron chi connectivity index (χ1n) is 8.13. The molecule has 1 aliphatic heterocycles. The molecule has 4 nitrogen and oxygen atoms in total. The van der Waals surface area contributed by atoms with Gasteiger partial charge in [0.05, 0.1) is 0 Å². The molecular formula is C17H19F3O4S2. The summed E-state index contributed by atoms with van der Waals surface area (Å²) >= 11 is 0. The van der Waals surface area contributed by atoms with E-state index in [0.717, 1.165) is 5.39 Å². The van der Waals surface area contributed by atoms with E-state index < -0.39 is 31.4 Å². The zero-order chi connectivity index (χ0) is 19.0. The van der Waals surface area contributed by atoms with E-state index in [1.807, 2.05) is 18.2 Å². The number of hydrogen-bond acceptors (Lipinski definition) is 4. The quantitative estimate of drug-likeness (QED) is 0.658. The van der Waals surface area contributed by atoms with E-state index in [9.17, 15) is 21.6 Å². The highest BCUT2D eigenvalue weighted by Crippen LogP contribution is 2.69. The van der Waals surface area contributed by atoms with Crippen LogP contribution in [-0.4, -0.2) is 31.7 Å². The van der Waals surface area contributed by atoms with Gasteiger partial charge in [0.25, 0.3) is 0 Å². The van der Waals surface area contributed by atoms with Gasteiger partial charge < -0.3 is 4.74 Å². The Hall–Kier alpha value is -1.29. The number of fused-ring (bicyclic) bond motifs is 1. The van der Waals surface area contributed by atoms with Crippen LogP contribution in [-0.2, 0) is 18.5 Å². The molecule has 2 aromatic rings. The van der Waals surface area contributed by atoms with Crippen LogP contribution in [0.4, 0.5) is 13.2 Å². The summed E-state index contributed by atoms with van der Waals surface area (Å²) in [4.78, 5) is 0.486. The van der Waals surface area contributed by atoms with Crippen LogP contribution in [0, 0.1) is 0 Å². The Bertz CT molecular complexity index is 893. The lowest BCUT2D eigenvalue weighted by atomic mass is 10.1. The van der Waals surface area contributed by atoms with E-state index in [1.54, 1.807) is 31.2 Å². The standard InChI is InChI=1S/C17H19F3O4S2/c1-2-23-16-11-6-12-25(16,24-26(21,22)17(18,19)20)15-10-5-8-13-7-3-4-9-14(13)15/h3-5,7-10,16H,2,6,11-12H2,1H3. The van der Waals surface area contributed by atoms with Gasteiger partial charge in [0.15, 0.2) is 0 Å². The zero-order valence-corrected chi connectivity index (χ0v) is 15.7. The summed E-state index contributed by atoms with van der Waals surface area (Å²) in [6, 6.07) is 12.4. The summed E-state index contributed by atoms with van der Waals surface area (Å²) in [5.74, 6) is 0.209. The molecule has 1 fully saturated rings. The highest BCUT2D eigenvalue weighted by Gasteiger charge is 2.55.